The van der Waals surface area contributed by atoms with Crippen molar-refractivity contribution in [3.05, 3.63) is 60.3 Å². The van der Waals surface area contributed by atoms with E-state index in [9.17, 15) is 9.90 Å². The minimum Gasteiger partial charge on any atom is -0.496 e. The Morgan fingerprint density at radius 3 is 2.21 bits per heavy atom. The molecule has 0 aliphatic rings. The fourth-order valence-electron chi connectivity index (χ4n) is 3.45. The molecule has 1 aromatic heterocycles. The standard InChI is InChI=1S/C26H32N4O4/c1-26(2,3)30(4)25-27-15-14-22(29-25)28-19(24(31)32)16-17-10-12-18(13-11-17)23-20(33-5)8-7-9-21(23)34-6/h7-15,19H,16H2,1-6H3,(H,31,32)(H,27,28,29)/t19-/m0/s1. The van der Waals surface area contributed by atoms with E-state index in [1.165, 1.54) is 0 Å². The predicted octanol–water partition coefficient (Wildman–Crippen LogP) is 4.50. The molecule has 1 heterocycles. The summed E-state index contributed by atoms with van der Waals surface area (Å²) < 4.78 is 11.0. The number of aliphatic carboxylic acids is 1. The van der Waals surface area contributed by atoms with Crippen LogP contribution in [0.15, 0.2) is 54.7 Å². The molecule has 0 saturated heterocycles. The number of benzene rings is 2. The molecule has 8 heteroatoms. The number of carbonyl (C=O) groups is 1. The molecular formula is C26H32N4O4. The second-order valence-corrected chi connectivity index (χ2v) is 8.95. The molecule has 0 bridgehead atoms. The van der Waals surface area contributed by atoms with Crippen LogP contribution in [0.4, 0.5) is 11.8 Å². The van der Waals surface area contributed by atoms with Crippen molar-refractivity contribution in [1.29, 1.82) is 0 Å². The maximum atomic E-state index is 12.0. The average molecular weight is 465 g/mol. The van der Waals surface area contributed by atoms with Crippen molar-refractivity contribution in [3.63, 3.8) is 0 Å². The van der Waals surface area contributed by atoms with Gasteiger partial charge in [-0.05, 0) is 50.1 Å². The molecule has 8 nitrogen and oxygen atoms in total. The summed E-state index contributed by atoms with van der Waals surface area (Å²) in [6.07, 6.45) is 1.91. The quantitative estimate of drug-likeness (QED) is 0.478. The lowest BCUT2D eigenvalue weighted by atomic mass is 9.99. The van der Waals surface area contributed by atoms with Crippen molar-refractivity contribution in [2.75, 3.05) is 31.5 Å². The minimum atomic E-state index is -0.959. The van der Waals surface area contributed by atoms with Crippen LogP contribution >= 0.6 is 0 Å². The Morgan fingerprint density at radius 1 is 1.06 bits per heavy atom. The van der Waals surface area contributed by atoms with Gasteiger partial charge in [-0.3, -0.25) is 0 Å². The van der Waals surface area contributed by atoms with Crippen molar-refractivity contribution in [1.82, 2.24) is 9.97 Å². The number of carboxylic acids is 1. The van der Waals surface area contributed by atoms with Gasteiger partial charge < -0.3 is 24.8 Å². The van der Waals surface area contributed by atoms with Gasteiger partial charge in [0.05, 0.1) is 19.8 Å². The summed E-state index contributed by atoms with van der Waals surface area (Å²) in [6, 6.07) is 14.2. The molecule has 3 rings (SSSR count). The maximum Gasteiger partial charge on any atom is 0.326 e. The summed E-state index contributed by atoms with van der Waals surface area (Å²) in [5.74, 6) is 1.44. The lowest BCUT2D eigenvalue weighted by Gasteiger charge is -2.32. The molecule has 0 fully saturated rings. The van der Waals surface area contributed by atoms with Crippen LogP contribution in [0, 0.1) is 0 Å². The first-order valence-corrected chi connectivity index (χ1v) is 11.0. The van der Waals surface area contributed by atoms with Crippen LogP contribution in [-0.4, -0.2) is 53.9 Å². The summed E-state index contributed by atoms with van der Waals surface area (Å²) in [5.41, 5.74) is 2.47. The Bertz CT molecular complexity index is 1100. The Labute approximate surface area is 200 Å². The van der Waals surface area contributed by atoms with E-state index in [2.05, 4.69) is 36.1 Å². The van der Waals surface area contributed by atoms with Crippen molar-refractivity contribution in [2.24, 2.45) is 0 Å². The lowest BCUT2D eigenvalue weighted by Crippen LogP contribution is -2.39. The number of aromatic nitrogens is 2. The van der Waals surface area contributed by atoms with Gasteiger partial charge >= 0.3 is 5.97 Å². The van der Waals surface area contributed by atoms with E-state index in [4.69, 9.17) is 9.47 Å². The number of rotatable bonds is 9. The van der Waals surface area contributed by atoms with Gasteiger partial charge in [-0.25, -0.2) is 9.78 Å². The number of hydrogen-bond acceptors (Lipinski definition) is 7. The van der Waals surface area contributed by atoms with Crippen molar-refractivity contribution >= 4 is 17.7 Å². The van der Waals surface area contributed by atoms with Crippen LogP contribution in [0.25, 0.3) is 11.1 Å². The highest BCUT2D eigenvalue weighted by atomic mass is 16.5. The monoisotopic (exact) mass is 464 g/mol. The van der Waals surface area contributed by atoms with E-state index >= 15 is 0 Å². The molecule has 0 aliphatic heterocycles. The highest BCUT2D eigenvalue weighted by molar-refractivity contribution is 5.78. The topological polar surface area (TPSA) is 96.8 Å². The van der Waals surface area contributed by atoms with Crippen LogP contribution < -0.4 is 19.7 Å². The number of nitrogens with zero attached hydrogens (tertiary/aromatic N) is 3. The molecule has 0 amide bonds. The average Bonchev–Trinajstić information content (AvgIpc) is 2.82. The zero-order valence-electron chi connectivity index (χ0n) is 20.5. The summed E-state index contributed by atoms with van der Waals surface area (Å²) in [6.45, 7) is 6.17. The third-order valence-electron chi connectivity index (χ3n) is 5.68. The van der Waals surface area contributed by atoms with Gasteiger partial charge in [0.25, 0.3) is 0 Å². The highest BCUT2D eigenvalue weighted by Gasteiger charge is 2.22. The largest absolute Gasteiger partial charge is 0.496 e. The van der Waals surface area contributed by atoms with Gasteiger partial charge in [-0.2, -0.15) is 4.98 Å². The fraction of sp³-hybridized carbons (Fsp3) is 0.346. The first-order valence-electron chi connectivity index (χ1n) is 11.0. The number of carboxylic acid groups (broad SMARTS) is 1. The number of ether oxygens (including phenoxy) is 2. The van der Waals surface area contributed by atoms with Crippen LogP contribution in [0.5, 0.6) is 11.5 Å². The zero-order chi connectivity index (χ0) is 24.9. The van der Waals surface area contributed by atoms with E-state index in [0.29, 0.717) is 23.3 Å². The van der Waals surface area contributed by atoms with E-state index in [1.54, 1.807) is 26.5 Å². The zero-order valence-corrected chi connectivity index (χ0v) is 20.5. The van der Waals surface area contributed by atoms with Crippen molar-refractivity contribution in [2.45, 2.75) is 38.8 Å². The summed E-state index contributed by atoms with van der Waals surface area (Å²) >= 11 is 0. The number of nitrogens with one attached hydrogen (secondary N) is 1. The second-order valence-electron chi connectivity index (χ2n) is 8.95. The van der Waals surface area contributed by atoms with Crippen molar-refractivity contribution < 1.29 is 19.4 Å². The van der Waals surface area contributed by atoms with Crippen LogP contribution in [-0.2, 0) is 11.2 Å². The predicted molar refractivity (Wildman–Crippen MR) is 134 cm³/mol. The van der Waals surface area contributed by atoms with Crippen LogP contribution in [0.3, 0.4) is 0 Å². The molecular weight excluding hydrogens is 432 g/mol. The first kappa shape index (κ1) is 24.8. The molecule has 0 spiro atoms. The van der Waals surface area contributed by atoms with Gasteiger partial charge in [-0.15, -0.1) is 0 Å². The summed E-state index contributed by atoms with van der Waals surface area (Å²) in [5, 5.41) is 12.9. The third kappa shape index (κ3) is 5.75. The first-order chi connectivity index (χ1) is 16.1. The van der Waals surface area contributed by atoms with Gasteiger partial charge in [-0.1, -0.05) is 30.3 Å². The molecule has 3 aromatic rings. The molecule has 34 heavy (non-hydrogen) atoms. The summed E-state index contributed by atoms with van der Waals surface area (Å²) in [4.78, 5) is 22.8. The van der Waals surface area contributed by atoms with Gasteiger partial charge in [0.15, 0.2) is 0 Å². The maximum absolute atomic E-state index is 12.0. The molecule has 0 unspecified atom stereocenters. The smallest absolute Gasteiger partial charge is 0.326 e. The minimum absolute atomic E-state index is 0.170. The Morgan fingerprint density at radius 2 is 1.68 bits per heavy atom. The van der Waals surface area contributed by atoms with Crippen LogP contribution in [0.1, 0.15) is 26.3 Å². The molecule has 1 atom stereocenters. The molecule has 0 radical (unpaired) electrons. The van der Waals surface area contributed by atoms with E-state index in [0.717, 1.165) is 16.7 Å². The molecule has 0 aliphatic carbocycles. The molecule has 0 saturated carbocycles. The fourth-order valence-corrected chi connectivity index (χ4v) is 3.45. The van der Waals surface area contributed by atoms with Gasteiger partial charge in [0.2, 0.25) is 5.95 Å². The Hall–Kier alpha value is -3.81. The normalized spacial score (nSPS) is 12.1. The number of anilines is 2. The highest BCUT2D eigenvalue weighted by Crippen LogP contribution is 2.38. The SMILES string of the molecule is COc1cccc(OC)c1-c1ccc(C[C@H](Nc2ccnc(N(C)C(C)(C)C)n2)C(=O)O)cc1. The van der Waals surface area contributed by atoms with E-state index in [1.807, 2.05) is 54.4 Å². The molecule has 2 aromatic carbocycles. The van der Waals surface area contributed by atoms with Gasteiger partial charge in [0.1, 0.15) is 23.4 Å². The summed E-state index contributed by atoms with van der Waals surface area (Å²) in [7, 11) is 5.15. The Balaban J connectivity index is 1.80. The number of hydrogen-bond donors (Lipinski definition) is 2. The lowest BCUT2D eigenvalue weighted by molar-refractivity contribution is -0.137. The van der Waals surface area contributed by atoms with E-state index in [-0.39, 0.29) is 12.0 Å². The third-order valence-corrected chi connectivity index (χ3v) is 5.68. The number of methoxy groups -OCH3 is 2. The van der Waals surface area contributed by atoms with Gasteiger partial charge in [0, 0.05) is 25.2 Å². The second kappa shape index (κ2) is 10.4. The van der Waals surface area contributed by atoms with Crippen molar-refractivity contribution in [3.8, 4) is 22.6 Å². The Kier molecular flexibility index (Phi) is 7.61. The van der Waals surface area contributed by atoms with E-state index < -0.39 is 12.0 Å². The molecule has 180 valence electrons. The van der Waals surface area contributed by atoms with Crippen LogP contribution in [0.2, 0.25) is 0 Å². The molecule has 2 N–H and O–H groups in total.